The van der Waals surface area contributed by atoms with E-state index in [0.29, 0.717) is 5.82 Å². The number of aromatic nitrogens is 2. The smallest absolute Gasteiger partial charge is 0.171 e. The van der Waals surface area contributed by atoms with E-state index < -0.39 is 12.6 Å². The minimum atomic E-state index is -3.20. The molecule has 58 heavy (non-hydrogen) atoms. The lowest BCUT2D eigenvalue weighted by Gasteiger charge is -2.45. The van der Waals surface area contributed by atoms with Gasteiger partial charge in [-0.3, -0.25) is 0 Å². The summed E-state index contributed by atoms with van der Waals surface area (Å²) in [5, 5.41) is 2.37. The van der Waals surface area contributed by atoms with Crippen LogP contribution in [0.3, 0.4) is 0 Å². The Labute approximate surface area is 338 Å². The van der Waals surface area contributed by atoms with Crippen LogP contribution in [-0.4, -0.2) is 9.97 Å². The summed E-state index contributed by atoms with van der Waals surface area (Å²) in [6, 6.07) is 75.2. The second-order valence-electron chi connectivity index (χ2n) is 14.8. The third-order valence-corrected chi connectivity index (χ3v) is 14.8. The molecule has 0 bridgehead atoms. The first-order valence-electron chi connectivity index (χ1n) is 19.6. The van der Waals surface area contributed by atoms with Gasteiger partial charge in [0.15, 0.2) is 13.0 Å². The molecular weight excluding hydrogens is 726 g/mol. The molecule has 2 heterocycles. The Morgan fingerprint density at radius 3 is 1.43 bits per heavy atom. The van der Waals surface area contributed by atoms with Crippen molar-refractivity contribution in [2.75, 3.05) is 4.90 Å². The highest BCUT2D eigenvalue weighted by Crippen LogP contribution is 2.64. The van der Waals surface area contributed by atoms with Crippen LogP contribution in [0.25, 0.3) is 33.9 Å². The van der Waals surface area contributed by atoms with Crippen LogP contribution >= 0.6 is 7.14 Å². The van der Waals surface area contributed by atoms with Gasteiger partial charge < -0.3 is 9.46 Å². The van der Waals surface area contributed by atoms with E-state index in [1.54, 1.807) is 0 Å². The average molecular weight is 762 g/mol. The van der Waals surface area contributed by atoms with Crippen molar-refractivity contribution in [2.45, 2.75) is 5.41 Å². The lowest BCUT2D eigenvalue weighted by Crippen LogP contribution is -2.36. The molecule has 8 aromatic carbocycles. The first-order valence-corrected chi connectivity index (χ1v) is 21.3. The predicted molar refractivity (Wildman–Crippen MR) is 238 cm³/mol. The van der Waals surface area contributed by atoms with Gasteiger partial charge in [-0.15, -0.1) is 0 Å². The van der Waals surface area contributed by atoms with E-state index in [1.165, 1.54) is 5.56 Å². The summed E-state index contributed by atoms with van der Waals surface area (Å²) in [5.74, 6) is 0.660. The van der Waals surface area contributed by atoms with Crippen LogP contribution in [0.1, 0.15) is 22.3 Å². The summed E-state index contributed by atoms with van der Waals surface area (Å²) < 4.78 is 15.5. The van der Waals surface area contributed by atoms with Crippen molar-refractivity contribution in [3.63, 3.8) is 0 Å². The molecule has 1 aromatic heterocycles. The Morgan fingerprint density at radius 2 is 0.845 bits per heavy atom. The van der Waals surface area contributed by atoms with Gasteiger partial charge in [-0.25, -0.2) is 9.97 Å². The summed E-state index contributed by atoms with van der Waals surface area (Å²) in [5.41, 5.74) is 11.8. The molecule has 274 valence electrons. The zero-order chi connectivity index (χ0) is 38.7. The molecule has 1 spiro atoms. The summed E-state index contributed by atoms with van der Waals surface area (Å²) in [4.78, 5) is 13.4. The van der Waals surface area contributed by atoms with Crippen LogP contribution < -0.4 is 20.8 Å². The van der Waals surface area contributed by atoms with Crippen LogP contribution in [0.4, 0.5) is 17.1 Å². The van der Waals surface area contributed by atoms with Gasteiger partial charge in [0.25, 0.3) is 0 Å². The Balaban J connectivity index is 1.21. The number of para-hydroxylation sites is 3. The first-order chi connectivity index (χ1) is 28.7. The Kier molecular flexibility index (Phi) is 7.96. The van der Waals surface area contributed by atoms with Gasteiger partial charge in [-0.2, -0.15) is 0 Å². The molecule has 0 fully saturated rings. The fourth-order valence-electron chi connectivity index (χ4n) is 9.30. The maximum absolute atomic E-state index is 15.5. The second kappa shape index (κ2) is 13.5. The standard InChI is InChI=1S/C53H36N3OP/c57-58(40-23-9-3-10-24-40,41-25-11-4-12-26-41)42-35-33-37(34-36-42)50-49-51(55-52(54-50)38-19-5-1-6-20-38)43-27-13-14-28-44(43)53(49)45-29-15-17-31-47(45)56(39-21-7-2-8-22-39)48-32-18-16-30-46(48)53/h1-36H. The van der Waals surface area contributed by atoms with Crippen LogP contribution in [0.2, 0.25) is 0 Å². The van der Waals surface area contributed by atoms with E-state index in [2.05, 4.69) is 132 Å². The number of anilines is 3. The van der Waals surface area contributed by atoms with Crippen molar-refractivity contribution in [3.05, 3.63) is 241 Å². The van der Waals surface area contributed by atoms with Crippen molar-refractivity contribution in [2.24, 2.45) is 0 Å². The van der Waals surface area contributed by atoms with Crippen molar-refractivity contribution < 1.29 is 4.57 Å². The molecule has 4 nitrogen and oxygen atoms in total. The monoisotopic (exact) mass is 761 g/mol. The van der Waals surface area contributed by atoms with Crippen LogP contribution in [0, 0.1) is 0 Å². The molecule has 0 radical (unpaired) electrons. The van der Waals surface area contributed by atoms with E-state index in [1.807, 2.05) is 91.0 Å². The highest BCUT2D eigenvalue weighted by molar-refractivity contribution is 7.85. The van der Waals surface area contributed by atoms with E-state index >= 15 is 4.57 Å². The molecule has 11 rings (SSSR count). The fourth-order valence-corrected chi connectivity index (χ4v) is 11.9. The molecule has 0 saturated heterocycles. The highest BCUT2D eigenvalue weighted by atomic mass is 31.2. The highest BCUT2D eigenvalue weighted by Gasteiger charge is 2.54. The first kappa shape index (κ1) is 34.1. The van der Waals surface area contributed by atoms with E-state index in [-0.39, 0.29) is 0 Å². The van der Waals surface area contributed by atoms with E-state index in [4.69, 9.17) is 9.97 Å². The third kappa shape index (κ3) is 4.99. The number of hydrogen-bond donors (Lipinski definition) is 0. The van der Waals surface area contributed by atoms with Gasteiger partial charge in [-0.1, -0.05) is 194 Å². The van der Waals surface area contributed by atoms with Crippen molar-refractivity contribution in [1.82, 2.24) is 9.97 Å². The Morgan fingerprint density at radius 1 is 0.397 bits per heavy atom. The molecule has 0 atom stereocenters. The van der Waals surface area contributed by atoms with Gasteiger partial charge in [0.2, 0.25) is 0 Å². The zero-order valence-electron chi connectivity index (χ0n) is 31.5. The van der Waals surface area contributed by atoms with Gasteiger partial charge in [0, 0.05) is 43.9 Å². The Hall–Kier alpha value is -7.13. The fraction of sp³-hybridized carbons (Fsp3) is 0.0189. The van der Waals surface area contributed by atoms with Gasteiger partial charge >= 0.3 is 0 Å². The maximum atomic E-state index is 15.5. The molecule has 1 aliphatic carbocycles. The normalized spacial score (nSPS) is 13.3. The predicted octanol–water partition coefficient (Wildman–Crippen LogP) is 11.6. The van der Waals surface area contributed by atoms with Crippen molar-refractivity contribution in [1.29, 1.82) is 0 Å². The number of benzene rings is 8. The van der Waals surface area contributed by atoms with Crippen molar-refractivity contribution >= 4 is 40.1 Å². The molecular formula is C53H36N3OP. The quantitative estimate of drug-likeness (QED) is 0.158. The number of nitrogens with zero attached hydrogens (tertiary/aromatic N) is 3. The lowest BCUT2D eigenvalue weighted by molar-refractivity contribution is 0.592. The lowest BCUT2D eigenvalue weighted by atomic mass is 9.64. The van der Waals surface area contributed by atoms with Crippen molar-refractivity contribution in [3.8, 4) is 33.9 Å². The van der Waals surface area contributed by atoms with Crippen LogP contribution in [-0.2, 0) is 9.98 Å². The summed E-state index contributed by atoms with van der Waals surface area (Å²) in [6.45, 7) is 0. The van der Waals surface area contributed by atoms with E-state index in [9.17, 15) is 0 Å². The van der Waals surface area contributed by atoms with Crippen LogP contribution in [0.15, 0.2) is 218 Å². The minimum Gasteiger partial charge on any atom is -0.310 e. The molecule has 2 aliphatic rings. The van der Waals surface area contributed by atoms with Gasteiger partial charge in [0.05, 0.1) is 28.2 Å². The summed E-state index contributed by atoms with van der Waals surface area (Å²) >= 11 is 0. The maximum Gasteiger partial charge on any atom is 0.171 e. The minimum absolute atomic E-state index is 0.660. The SMILES string of the molecule is O=P(c1ccccc1)(c1ccccc1)c1ccc(-c2nc(-c3ccccc3)nc3c2C2(c4ccccc4-3)c3ccccc3N(c3ccccc3)c3ccccc32)cc1. The van der Waals surface area contributed by atoms with Gasteiger partial charge in [-0.05, 0) is 41.0 Å². The number of hydrogen-bond acceptors (Lipinski definition) is 4. The molecule has 0 saturated carbocycles. The molecule has 0 N–H and O–H groups in total. The molecule has 9 aromatic rings. The van der Waals surface area contributed by atoms with Gasteiger partial charge in [0.1, 0.15) is 0 Å². The molecule has 0 amide bonds. The summed E-state index contributed by atoms with van der Waals surface area (Å²) in [6.07, 6.45) is 0. The zero-order valence-corrected chi connectivity index (χ0v) is 32.4. The second-order valence-corrected chi connectivity index (χ2v) is 17.6. The summed E-state index contributed by atoms with van der Waals surface area (Å²) in [7, 11) is -3.20. The third-order valence-electron chi connectivity index (χ3n) is 11.8. The largest absolute Gasteiger partial charge is 0.310 e. The topological polar surface area (TPSA) is 46.1 Å². The number of rotatable bonds is 6. The van der Waals surface area contributed by atoms with Crippen LogP contribution in [0.5, 0.6) is 0 Å². The number of fused-ring (bicyclic) bond motifs is 9. The molecule has 0 unspecified atom stereocenters. The molecule has 5 heteroatoms. The Bertz CT molecular complexity index is 2930. The van der Waals surface area contributed by atoms with E-state index in [0.717, 1.165) is 77.7 Å². The molecule has 1 aliphatic heterocycles. The average Bonchev–Trinajstić information content (AvgIpc) is 3.60.